The summed E-state index contributed by atoms with van der Waals surface area (Å²) in [5.74, 6) is -1.06. The number of pyridine rings is 2. The number of amides is 3. The van der Waals surface area contributed by atoms with Crippen molar-refractivity contribution in [2.45, 2.75) is 52.7 Å². The number of carbonyl (C=O) groups is 3. The van der Waals surface area contributed by atoms with Crippen LogP contribution >= 0.6 is 0 Å². The van der Waals surface area contributed by atoms with E-state index in [1.807, 2.05) is 20.8 Å². The first-order valence-corrected chi connectivity index (χ1v) is 14.0. The van der Waals surface area contributed by atoms with Crippen LogP contribution in [0.4, 0.5) is 5.69 Å². The molecule has 0 bridgehead atoms. The van der Waals surface area contributed by atoms with Crippen molar-refractivity contribution in [1.29, 1.82) is 0 Å². The van der Waals surface area contributed by atoms with E-state index in [1.165, 1.54) is 6.07 Å². The first kappa shape index (κ1) is 28.5. The summed E-state index contributed by atoms with van der Waals surface area (Å²) in [5.41, 5.74) is 1.73. The van der Waals surface area contributed by atoms with Gasteiger partial charge in [0.2, 0.25) is 5.43 Å². The van der Waals surface area contributed by atoms with E-state index < -0.39 is 17.2 Å². The standard InChI is InChI=1S/C30H33N7O5/c1-4-5-14-42-26-23(38)16-21(37-13-12-36(18(2)3)30(41)25(26)37)17-32-28(39)19-8-6-9-20(15-19)33-29(40)24-22-10-7-11-31-27(22)35-34-24/h6-11,15-16,18H,4-5,12-14,17H2,1-3H3,(H,32,39)(H,33,40)(H,31,34,35). The van der Waals surface area contributed by atoms with Crippen molar-refractivity contribution < 1.29 is 19.1 Å². The third-order valence-electron chi connectivity index (χ3n) is 7.11. The number of benzene rings is 1. The van der Waals surface area contributed by atoms with E-state index >= 15 is 0 Å². The molecule has 0 saturated heterocycles. The largest absolute Gasteiger partial charge is 0.487 e. The molecule has 0 aliphatic carbocycles. The lowest BCUT2D eigenvalue weighted by Gasteiger charge is -2.35. The fraction of sp³-hybridized carbons (Fsp3) is 0.333. The van der Waals surface area contributed by atoms with Crippen LogP contribution in [0.15, 0.2) is 53.5 Å². The zero-order valence-corrected chi connectivity index (χ0v) is 23.8. The summed E-state index contributed by atoms with van der Waals surface area (Å²) in [6, 6.07) is 11.3. The lowest BCUT2D eigenvalue weighted by atomic mass is 10.1. The summed E-state index contributed by atoms with van der Waals surface area (Å²) in [6.45, 7) is 7.18. The van der Waals surface area contributed by atoms with Crippen LogP contribution < -0.4 is 20.8 Å². The van der Waals surface area contributed by atoms with E-state index in [2.05, 4.69) is 25.8 Å². The van der Waals surface area contributed by atoms with Crippen LogP contribution in [-0.2, 0) is 13.1 Å². The highest BCUT2D eigenvalue weighted by molar-refractivity contribution is 6.11. The van der Waals surface area contributed by atoms with Gasteiger partial charge in [-0.2, -0.15) is 5.10 Å². The number of nitrogens with zero attached hydrogens (tertiary/aromatic N) is 4. The summed E-state index contributed by atoms with van der Waals surface area (Å²) in [4.78, 5) is 58.3. The van der Waals surface area contributed by atoms with E-state index in [1.54, 1.807) is 52.1 Å². The number of ether oxygens (including phenoxy) is 1. The third kappa shape index (κ3) is 5.73. The predicted octanol–water partition coefficient (Wildman–Crippen LogP) is 3.35. The van der Waals surface area contributed by atoms with Crippen LogP contribution in [-0.4, -0.2) is 61.6 Å². The molecule has 0 saturated carbocycles. The zero-order chi connectivity index (χ0) is 29.8. The van der Waals surface area contributed by atoms with Crippen molar-refractivity contribution in [3.63, 3.8) is 0 Å². The molecule has 4 heterocycles. The molecular formula is C30H33N7O5. The highest BCUT2D eigenvalue weighted by Gasteiger charge is 2.32. The van der Waals surface area contributed by atoms with Gasteiger partial charge in [0, 0.05) is 48.3 Å². The molecule has 3 amide bonds. The molecule has 0 fully saturated rings. The van der Waals surface area contributed by atoms with Gasteiger partial charge in [0.1, 0.15) is 0 Å². The van der Waals surface area contributed by atoms with E-state index in [0.29, 0.717) is 47.7 Å². The Kier molecular flexibility index (Phi) is 8.32. The number of nitrogens with one attached hydrogen (secondary N) is 3. The average Bonchev–Trinajstić information content (AvgIpc) is 3.42. The molecule has 0 spiro atoms. The van der Waals surface area contributed by atoms with Crippen molar-refractivity contribution >= 4 is 34.4 Å². The topological polar surface area (TPSA) is 151 Å². The maximum Gasteiger partial charge on any atom is 0.276 e. The van der Waals surface area contributed by atoms with Crippen LogP contribution in [0, 0.1) is 0 Å². The Balaban J connectivity index is 1.34. The van der Waals surface area contributed by atoms with Gasteiger partial charge in [-0.15, -0.1) is 0 Å². The molecule has 5 rings (SSSR count). The van der Waals surface area contributed by atoms with Crippen LogP contribution in [0.3, 0.4) is 0 Å². The number of aromatic amines is 1. The van der Waals surface area contributed by atoms with Gasteiger partial charge in [0.15, 0.2) is 22.8 Å². The average molecular weight is 572 g/mol. The molecule has 12 nitrogen and oxygen atoms in total. The molecular weight excluding hydrogens is 538 g/mol. The Morgan fingerprint density at radius 1 is 1.10 bits per heavy atom. The van der Waals surface area contributed by atoms with Gasteiger partial charge >= 0.3 is 0 Å². The Labute approximate surface area is 242 Å². The van der Waals surface area contributed by atoms with Gasteiger partial charge in [0.05, 0.1) is 18.5 Å². The fourth-order valence-corrected chi connectivity index (χ4v) is 4.92. The van der Waals surface area contributed by atoms with Crippen molar-refractivity contribution in [1.82, 2.24) is 30.0 Å². The second kappa shape index (κ2) is 12.2. The Bertz CT molecular complexity index is 1710. The summed E-state index contributed by atoms with van der Waals surface area (Å²) < 4.78 is 7.57. The number of anilines is 1. The smallest absolute Gasteiger partial charge is 0.276 e. The highest BCUT2D eigenvalue weighted by Crippen LogP contribution is 2.24. The molecule has 0 unspecified atom stereocenters. The van der Waals surface area contributed by atoms with E-state index in [-0.39, 0.29) is 35.6 Å². The summed E-state index contributed by atoms with van der Waals surface area (Å²) in [5, 5.41) is 13.0. The van der Waals surface area contributed by atoms with E-state index in [0.717, 1.165) is 12.8 Å². The molecule has 1 aliphatic heterocycles. The fourth-order valence-electron chi connectivity index (χ4n) is 4.92. The molecule has 4 aromatic rings. The minimum Gasteiger partial charge on any atom is -0.487 e. The van der Waals surface area contributed by atoms with Gasteiger partial charge < -0.3 is 24.8 Å². The Hall–Kier alpha value is -5.00. The minimum atomic E-state index is -0.445. The first-order chi connectivity index (χ1) is 20.3. The van der Waals surface area contributed by atoms with Crippen molar-refractivity contribution in [2.24, 2.45) is 0 Å². The molecule has 1 aromatic carbocycles. The molecule has 0 radical (unpaired) electrons. The molecule has 1 aliphatic rings. The van der Waals surface area contributed by atoms with Crippen LogP contribution in [0.1, 0.15) is 70.6 Å². The first-order valence-electron chi connectivity index (χ1n) is 14.0. The van der Waals surface area contributed by atoms with Gasteiger partial charge in [-0.3, -0.25) is 24.3 Å². The lowest BCUT2D eigenvalue weighted by molar-refractivity contribution is 0.0636. The lowest BCUT2D eigenvalue weighted by Crippen LogP contribution is -2.46. The quantitative estimate of drug-likeness (QED) is 0.247. The van der Waals surface area contributed by atoms with Crippen LogP contribution in [0.2, 0.25) is 0 Å². The molecule has 12 heteroatoms. The number of rotatable bonds is 10. The summed E-state index contributed by atoms with van der Waals surface area (Å²) in [7, 11) is 0. The summed E-state index contributed by atoms with van der Waals surface area (Å²) >= 11 is 0. The molecule has 3 aromatic heterocycles. The maximum atomic E-state index is 13.4. The van der Waals surface area contributed by atoms with Gasteiger partial charge in [-0.25, -0.2) is 4.98 Å². The number of fused-ring (bicyclic) bond motifs is 2. The molecule has 3 N–H and O–H groups in total. The van der Waals surface area contributed by atoms with Crippen LogP contribution in [0.5, 0.6) is 5.75 Å². The second-order valence-electron chi connectivity index (χ2n) is 10.3. The highest BCUT2D eigenvalue weighted by atomic mass is 16.5. The van der Waals surface area contributed by atoms with Crippen LogP contribution in [0.25, 0.3) is 11.0 Å². The van der Waals surface area contributed by atoms with E-state index in [9.17, 15) is 19.2 Å². The number of carbonyl (C=O) groups excluding carboxylic acids is 3. The SMILES string of the molecule is CCCCOc1c2n(c(CNC(=O)c3cccc(NC(=O)c4n[nH]c5ncccc45)c3)cc1=O)CCN(C(C)C)C2=O. The third-order valence-corrected chi connectivity index (χ3v) is 7.11. The van der Waals surface area contributed by atoms with E-state index in [4.69, 9.17) is 4.74 Å². The number of hydrogen-bond acceptors (Lipinski definition) is 7. The van der Waals surface area contributed by atoms with Gasteiger partial charge in [-0.1, -0.05) is 19.4 Å². The summed E-state index contributed by atoms with van der Waals surface area (Å²) in [6.07, 6.45) is 3.25. The Morgan fingerprint density at radius 2 is 1.93 bits per heavy atom. The molecule has 0 atom stereocenters. The number of unbranched alkanes of at least 4 members (excludes halogenated alkanes) is 1. The minimum absolute atomic E-state index is 0.0219. The van der Waals surface area contributed by atoms with Crippen molar-refractivity contribution in [3.8, 4) is 5.75 Å². The second-order valence-corrected chi connectivity index (χ2v) is 10.3. The number of H-pyrrole nitrogens is 1. The Morgan fingerprint density at radius 3 is 2.71 bits per heavy atom. The molecule has 42 heavy (non-hydrogen) atoms. The van der Waals surface area contributed by atoms with Crippen molar-refractivity contribution in [3.05, 3.63) is 81.5 Å². The van der Waals surface area contributed by atoms with Crippen molar-refractivity contribution in [2.75, 3.05) is 18.5 Å². The number of hydrogen-bond donors (Lipinski definition) is 3. The van der Waals surface area contributed by atoms with Gasteiger partial charge in [0.25, 0.3) is 17.7 Å². The maximum absolute atomic E-state index is 13.4. The monoisotopic (exact) mass is 571 g/mol. The molecule has 218 valence electrons. The number of aromatic nitrogens is 4. The predicted molar refractivity (Wildman–Crippen MR) is 157 cm³/mol. The van der Waals surface area contributed by atoms with Gasteiger partial charge in [-0.05, 0) is 50.6 Å². The zero-order valence-electron chi connectivity index (χ0n) is 23.8. The normalized spacial score (nSPS) is 12.9.